The predicted octanol–water partition coefficient (Wildman–Crippen LogP) is 3.37. The number of anilines is 1. The van der Waals surface area contributed by atoms with Crippen LogP contribution in [0.5, 0.6) is 0 Å². The molecule has 0 radical (unpaired) electrons. The second-order valence-corrected chi connectivity index (χ2v) is 6.42. The molecule has 1 saturated carbocycles. The van der Waals surface area contributed by atoms with E-state index in [-0.39, 0.29) is 11.7 Å². The number of thiophene rings is 1. The summed E-state index contributed by atoms with van der Waals surface area (Å²) in [7, 11) is 0. The maximum Gasteiger partial charge on any atom is 0.178 e. The van der Waals surface area contributed by atoms with Crippen LogP contribution in [-0.2, 0) is 0 Å². The summed E-state index contributed by atoms with van der Waals surface area (Å²) in [5.41, 5.74) is 6.71. The lowest BCUT2D eigenvalue weighted by Crippen LogP contribution is -2.02. The van der Waals surface area contributed by atoms with Crippen LogP contribution in [-0.4, -0.2) is 18.3 Å². The van der Waals surface area contributed by atoms with Gasteiger partial charge in [0, 0.05) is 5.92 Å². The van der Waals surface area contributed by atoms with Gasteiger partial charge in [0.05, 0.1) is 19.7 Å². The molecular formula is C10H13NOS3. The SMILES string of the molecule is CSc1sc(C(=O)C2CC2)c(N)c1SC. The maximum atomic E-state index is 11.9. The number of nitrogens with two attached hydrogens (primary N) is 1. The summed E-state index contributed by atoms with van der Waals surface area (Å²) in [4.78, 5) is 13.8. The molecule has 15 heavy (non-hydrogen) atoms. The number of carbonyl (C=O) groups excluding carboxylic acids is 1. The van der Waals surface area contributed by atoms with Gasteiger partial charge in [0.2, 0.25) is 0 Å². The standard InChI is InChI=1S/C10H13NOS3/c1-13-9-6(11)8(15-10(9)14-2)7(12)5-3-4-5/h5H,3-4,11H2,1-2H3. The fourth-order valence-electron chi connectivity index (χ4n) is 1.45. The monoisotopic (exact) mass is 259 g/mol. The van der Waals surface area contributed by atoms with Gasteiger partial charge >= 0.3 is 0 Å². The van der Waals surface area contributed by atoms with E-state index in [2.05, 4.69) is 0 Å². The molecule has 1 aromatic rings. The summed E-state index contributed by atoms with van der Waals surface area (Å²) in [5.74, 6) is 0.517. The second-order valence-electron chi connectivity index (χ2n) is 3.51. The topological polar surface area (TPSA) is 43.1 Å². The van der Waals surface area contributed by atoms with Crippen molar-refractivity contribution < 1.29 is 4.79 Å². The van der Waals surface area contributed by atoms with Gasteiger partial charge in [-0.1, -0.05) is 0 Å². The smallest absolute Gasteiger partial charge is 0.178 e. The van der Waals surface area contributed by atoms with Gasteiger partial charge in [-0.05, 0) is 25.4 Å². The Balaban J connectivity index is 2.38. The van der Waals surface area contributed by atoms with Crippen LogP contribution in [0.15, 0.2) is 9.10 Å². The van der Waals surface area contributed by atoms with Gasteiger partial charge in [-0.3, -0.25) is 4.79 Å². The fourth-order valence-corrected chi connectivity index (χ4v) is 4.62. The molecular weight excluding hydrogens is 246 g/mol. The van der Waals surface area contributed by atoms with Crippen molar-refractivity contribution in [1.82, 2.24) is 0 Å². The number of thioether (sulfide) groups is 2. The third-order valence-electron chi connectivity index (χ3n) is 2.43. The number of hydrogen-bond donors (Lipinski definition) is 1. The lowest BCUT2D eigenvalue weighted by atomic mass is 10.2. The number of Topliss-reactive ketones (excluding diaryl/α,β-unsaturated/α-hetero) is 1. The Morgan fingerprint density at radius 2 is 2.07 bits per heavy atom. The minimum absolute atomic E-state index is 0.258. The van der Waals surface area contributed by atoms with Crippen LogP contribution in [0.4, 0.5) is 5.69 Å². The molecule has 2 N–H and O–H groups in total. The lowest BCUT2D eigenvalue weighted by Gasteiger charge is -1.98. The Hall–Kier alpha value is -0.130. The molecule has 0 spiro atoms. The average molecular weight is 259 g/mol. The normalized spacial score (nSPS) is 15.6. The first-order valence-corrected chi connectivity index (χ1v) is 8.00. The highest BCUT2D eigenvalue weighted by Crippen LogP contribution is 2.45. The third kappa shape index (κ3) is 2.05. The molecule has 0 bridgehead atoms. The van der Waals surface area contributed by atoms with Crippen LogP contribution >= 0.6 is 34.9 Å². The van der Waals surface area contributed by atoms with Gasteiger partial charge in [0.15, 0.2) is 5.78 Å². The van der Waals surface area contributed by atoms with Gasteiger partial charge in [-0.15, -0.1) is 34.9 Å². The van der Waals surface area contributed by atoms with E-state index in [0.717, 1.165) is 22.6 Å². The van der Waals surface area contributed by atoms with Crippen molar-refractivity contribution in [2.45, 2.75) is 21.9 Å². The minimum atomic E-state index is 0.258. The van der Waals surface area contributed by atoms with E-state index in [0.29, 0.717) is 5.69 Å². The first kappa shape index (κ1) is 11.4. The Bertz CT molecular complexity index is 396. The van der Waals surface area contributed by atoms with Crippen LogP contribution in [0.25, 0.3) is 0 Å². The van der Waals surface area contributed by atoms with E-state index in [9.17, 15) is 4.79 Å². The summed E-state index contributed by atoms with van der Waals surface area (Å²) in [5, 5.41) is 0. The van der Waals surface area contributed by atoms with Gasteiger partial charge in [-0.2, -0.15) is 0 Å². The van der Waals surface area contributed by atoms with Crippen LogP contribution in [0.1, 0.15) is 22.5 Å². The second kappa shape index (κ2) is 4.39. The number of nitrogen functional groups attached to an aromatic ring is 1. The Morgan fingerprint density at radius 1 is 1.40 bits per heavy atom. The van der Waals surface area contributed by atoms with E-state index in [1.807, 2.05) is 12.5 Å². The first-order valence-electron chi connectivity index (χ1n) is 4.73. The molecule has 0 aliphatic heterocycles. The van der Waals surface area contributed by atoms with E-state index in [1.54, 1.807) is 34.9 Å². The molecule has 2 nitrogen and oxygen atoms in total. The zero-order valence-corrected chi connectivity index (χ0v) is 11.2. The molecule has 0 atom stereocenters. The molecule has 0 amide bonds. The summed E-state index contributed by atoms with van der Waals surface area (Å²) in [6.07, 6.45) is 6.11. The number of rotatable bonds is 4. The van der Waals surface area contributed by atoms with Crippen LogP contribution in [0.3, 0.4) is 0 Å². The van der Waals surface area contributed by atoms with Crippen molar-refractivity contribution in [3.63, 3.8) is 0 Å². The quantitative estimate of drug-likeness (QED) is 0.665. The van der Waals surface area contributed by atoms with E-state index in [1.165, 1.54) is 4.21 Å². The molecule has 0 saturated heterocycles. The van der Waals surface area contributed by atoms with Crippen molar-refractivity contribution in [1.29, 1.82) is 0 Å². The summed E-state index contributed by atoms with van der Waals surface area (Å²) >= 11 is 4.85. The number of ketones is 1. The van der Waals surface area contributed by atoms with Gasteiger partial charge in [0.1, 0.15) is 0 Å². The number of carbonyl (C=O) groups is 1. The van der Waals surface area contributed by atoms with Crippen LogP contribution in [0.2, 0.25) is 0 Å². The molecule has 1 aliphatic carbocycles. The molecule has 0 unspecified atom stereocenters. The van der Waals surface area contributed by atoms with Crippen molar-refractivity contribution in [3.05, 3.63) is 4.88 Å². The molecule has 1 heterocycles. The molecule has 5 heteroatoms. The first-order chi connectivity index (χ1) is 7.19. The fraction of sp³-hybridized carbons (Fsp3) is 0.500. The van der Waals surface area contributed by atoms with Gasteiger partial charge < -0.3 is 5.73 Å². The molecule has 0 aromatic carbocycles. The number of hydrogen-bond acceptors (Lipinski definition) is 5. The van der Waals surface area contributed by atoms with Gasteiger partial charge in [0.25, 0.3) is 0 Å². The van der Waals surface area contributed by atoms with E-state index in [4.69, 9.17) is 5.73 Å². The van der Waals surface area contributed by atoms with E-state index < -0.39 is 0 Å². The maximum absolute atomic E-state index is 11.9. The van der Waals surface area contributed by atoms with Gasteiger partial charge in [-0.25, -0.2) is 0 Å². The van der Waals surface area contributed by atoms with E-state index >= 15 is 0 Å². The molecule has 1 aromatic heterocycles. The predicted molar refractivity (Wildman–Crippen MR) is 69.3 cm³/mol. The van der Waals surface area contributed by atoms with Crippen molar-refractivity contribution in [2.75, 3.05) is 18.2 Å². The van der Waals surface area contributed by atoms with Crippen LogP contribution in [0, 0.1) is 5.92 Å². The summed E-state index contributed by atoms with van der Waals surface area (Å²) in [6, 6.07) is 0. The van der Waals surface area contributed by atoms with Crippen LogP contribution < -0.4 is 5.73 Å². The van der Waals surface area contributed by atoms with Crippen molar-refractivity contribution >= 4 is 46.3 Å². The largest absolute Gasteiger partial charge is 0.397 e. The highest BCUT2D eigenvalue weighted by atomic mass is 32.2. The lowest BCUT2D eigenvalue weighted by molar-refractivity contribution is 0.0972. The minimum Gasteiger partial charge on any atom is -0.397 e. The summed E-state index contributed by atoms with van der Waals surface area (Å²) in [6.45, 7) is 0. The Kier molecular flexibility index (Phi) is 3.33. The average Bonchev–Trinajstić information content (AvgIpc) is 3.02. The zero-order valence-electron chi connectivity index (χ0n) is 8.70. The molecule has 82 valence electrons. The third-order valence-corrected chi connectivity index (χ3v) is 5.86. The molecule has 2 rings (SSSR count). The zero-order chi connectivity index (χ0) is 11.0. The van der Waals surface area contributed by atoms with Crippen molar-refractivity contribution in [3.8, 4) is 0 Å². The highest BCUT2D eigenvalue weighted by Gasteiger charge is 2.33. The highest BCUT2D eigenvalue weighted by molar-refractivity contribution is 8.03. The Morgan fingerprint density at radius 3 is 2.47 bits per heavy atom. The Labute approximate surface area is 102 Å². The van der Waals surface area contributed by atoms with Crippen molar-refractivity contribution in [2.24, 2.45) is 5.92 Å². The summed E-state index contributed by atoms with van der Waals surface area (Å²) < 4.78 is 1.17. The molecule has 1 fully saturated rings. The molecule has 1 aliphatic rings.